The van der Waals surface area contributed by atoms with Crippen LogP contribution in [0.15, 0.2) is 59.6 Å². The van der Waals surface area contributed by atoms with Gasteiger partial charge in [0.05, 0.1) is 24.7 Å². The van der Waals surface area contributed by atoms with Gasteiger partial charge in [0.1, 0.15) is 0 Å². The number of para-hydroxylation sites is 1. The van der Waals surface area contributed by atoms with Crippen LogP contribution >= 0.6 is 23.4 Å². The summed E-state index contributed by atoms with van der Waals surface area (Å²) in [7, 11) is 0. The Kier molecular flexibility index (Phi) is 6.94. The molecule has 1 aliphatic rings. The summed E-state index contributed by atoms with van der Waals surface area (Å²) in [5, 5.41) is 4.35. The minimum Gasteiger partial charge on any atom is -0.378 e. The fourth-order valence-corrected chi connectivity index (χ4v) is 3.42. The molecule has 0 atom stereocenters. The van der Waals surface area contributed by atoms with E-state index >= 15 is 0 Å². The van der Waals surface area contributed by atoms with Gasteiger partial charge in [-0.25, -0.2) is 4.99 Å². The topological polar surface area (TPSA) is 53.9 Å². The van der Waals surface area contributed by atoms with Gasteiger partial charge in [0.25, 0.3) is 0 Å². The number of nitrogens with zero attached hydrogens (tertiary/aromatic N) is 2. The number of thioether (sulfide) groups is 1. The summed E-state index contributed by atoms with van der Waals surface area (Å²) >= 11 is 7.30. The number of halogens is 1. The lowest BCUT2D eigenvalue weighted by atomic mass is 10.3. The summed E-state index contributed by atoms with van der Waals surface area (Å²) in [6, 6.07) is 16.8. The number of hydrogen-bond donors (Lipinski definition) is 1. The third-order valence-corrected chi connectivity index (χ3v) is 4.99. The third-order valence-electron chi connectivity index (χ3n) is 3.72. The Morgan fingerprint density at radius 3 is 2.50 bits per heavy atom. The Morgan fingerprint density at radius 2 is 1.81 bits per heavy atom. The van der Waals surface area contributed by atoms with Crippen molar-refractivity contribution in [1.82, 2.24) is 4.90 Å². The number of carbonyl (C=O) groups is 1. The van der Waals surface area contributed by atoms with E-state index in [1.54, 1.807) is 24.3 Å². The van der Waals surface area contributed by atoms with Crippen LogP contribution in [0.2, 0.25) is 5.02 Å². The number of anilines is 1. The van der Waals surface area contributed by atoms with E-state index in [1.165, 1.54) is 11.8 Å². The first-order valence-corrected chi connectivity index (χ1v) is 9.72. The van der Waals surface area contributed by atoms with E-state index in [9.17, 15) is 4.79 Å². The van der Waals surface area contributed by atoms with Crippen LogP contribution in [0.4, 0.5) is 11.4 Å². The second-order valence-electron chi connectivity index (χ2n) is 5.67. The van der Waals surface area contributed by atoms with Gasteiger partial charge in [-0.3, -0.25) is 4.79 Å². The lowest BCUT2D eigenvalue weighted by Gasteiger charge is -2.29. The van der Waals surface area contributed by atoms with Crippen LogP contribution in [0.1, 0.15) is 0 Å². The van der Waals surface area contributed by atoms with Gasteiger partial charge >= 0.3 is 0 Å². The Hall–Kier alpha value is -2.02. The molecule has 1 amide bonds. The summed E-state index contributed by atoms with van der Waals surface area (Å²) in [5.41, 5.74) is 1.60. The van der Waals surface area contributed by atoms with E-state index in [-0.39, 0.29) is 11.7 Å². The number of benzene rings is 2. The number of morpholine rings is 1. The molecule has 0 aliphatic carbocycles. The van der Waals surface area contributed by atoms with Crippen molar-refractivity contribution in [1.29, 1.82) is 0 Å². The molecule has 1 N–H and O–H groups in total. The van der Waals surface area contributed by atoms with Crippen LogP contribution in [-0.4, -0.2) is 48.0 Å². The number of ether oxygens (including phenoxy) is 1. The zero-order chi connectivity index (χ0) is 18.2. The van der Waals surface area contributed by atoms with Gasteiger partial charge < -0.3 is 15.0 Å². The van der Waals surface area contributed by atoms with Crippen LogP contribution in [0.5, 0.6) is 0 Å². The molecule has 5 nitrogen and oxygen atoms in total. The largest absolute Gasteiger partial charge is 0.378 e. The van der Waals surface area contributed by atoms with Gasteiger partial charge in [-0.05, 0) is 36.4 Å². The molecule has 1 saturated heterocycles. The number of carbonyl (C=O) groups excluding carboxylic acids is 1. The number of amides is 1. The molecule has 7 heteroatoms. The Balaban J connectivity index is 1.64. The average molecular weight is 390 g/mol. The molecule has 0 spiro atoms. The molecule has 3 rings (SSSR count). The number of aliphatic imine (C=N–C) groups is 1. The molecular weight excluding hydrogens is 370 g/mol. The Morgan fingerprint density at radius 1 is 1.12 bits per heavy atom. The fourth-order valence-electron chi connectivity index (χ4n) is 2.42. The molecule has 136 valence electrons. The molecule has 2 aromatic carbocycles. The number of rotatable bonds is 4. The van der Waals surface area contributed by atoms with E-state index in [0.29, 0.717) is 18.2 Å². The SMILES string of the molecule is O=C(CSC(=Nc1ccccc1)N1CCOCC1)Nc1ccc(Cl)cc1. The van der Waals surface area contributed by atoms with Crippen LogP contribution in [-0.2, 0) is 9.53 Å². The standard InChI is InChI=1S/C19H20ClN3O2S/c20-15-6-8-17(9-7-15)21-18(24)14-26-19(23-10-12-25-13-11-23)22-16-4-2-1-3-5-16/h1-9H,10-14H2,(H,21,24). The molecule has 0 aromatic heterocycles. The summed E-state index contributed by atoms with van der Waals surface area (Å²) < 4.78 is 5.42. The molecule has 1 aliphatic heterocycles. The minimum atomic E-state index is -0.0775. The summed E-state index contributed by atoms with van der Waals surface area (Å²) in [4.78, 5) is 19.2. The van der Waals surface area contributed by atoms with Crippen LogP contribution in [0.3, 0.4) is 0 Å². The second kappa shape index (κ2) is 9.62. The predicted octanol–water partition coefficient (Wildman–Crippen LogP) is 4.03. The molecule has 2 aromatic rings. The van der Waals surface area contributed by atoms with Crippen LogP contribution in [0, 0.1) is 0 Å². The molecule has 0 saturated carbocycles. The first kappa shape index (κ1) is 18.8. The van der Waals surface area contributed by atoms with E-state index < -0.39 is 0 Å². The van der Waals surface area contributed by atoms with Crippen LogP contribution in [0.25, 0.3) is 0 Å². The highest BCUT2D eigenvalue weighted by molar-refractivity contribution is 8.14. The zero-order valence-electron chi connectivity index (χ0n) is 14.2. The summed E-state index contributed by atoms with van der Waals surface area (Å²) in [6.07, 6.45) is 0. The first-order valence-electron chi connectivity index (χ1n) is 8.35. The Bertz CT molecular complexity index is 747. The minimum absolute atomic E-state index is 0.0775. The van der Waals surface area contributed by atoms with Crippen molar-refractivity contribution in [3.63, 3.8) is 0 Å². The predicted molar refractivity (Wildman–Crippen MR) is 108 cm³/mol. The van der Waals surface area contributed by atoms with Crippen molar-refractivity contribution >= 4 is 45.8 Å². The van der Waals surface area contributed by atoms with Crippen molar-refractivity contribution in [3.05, 3.63) is 59.6 Å². The normalized spacial score (nSPS) is 15.0. The number of amidine groups is 1. The average Bonchev–Trinajstić information content (AvgIpc) is 2.68. The molecule has 0 bridgehead atoms. The van der Waals surface area contributed by atoms with Crippen molar-refractivity contribution in [2.45, 2.75) is 0 Å². The molecule has 0 radical (unpaired) electrons. The van der Waals surface area contributed by atoms with Crippen molar-refractivity contribution in [3.8, 4) is 0 Å². The Labute approximate surface area is 162 Å². The summed E-state index contributed by atoms with van der Waals surface area (Å²) in [6.45, 7) is 2.89. The third kappa shape index (κ3) is 5.76. The maximum absolute atomic E-state index is 12.3. The summed E-state index contributed by atoms with van der Waals surface area (Å²) in [5.74, 6) is 0.206. The lowest BCUT2D eigenvalue weighted by Crippen LogP contribution is -2.39. The highest BCUT2D eigenvalue weighted by Crippen LogP contribution is 2.19. The van der Waals surface area contributed by atoms with E-state index in [2.05, 4.69) is 10.2 Å². The monoisotopic (exact) mass is 389 g/mol. The number of hydrogen-bond acceptors (Lipinski definition) is 4. The molecule has 1 fully saturated rings. The highest BCUT2D eigenvalue weighted by Gasteiger charge is 2.17. The molecule has 26 heavy (non-hydrogen) atoms. The maximum Gasteiger partial charge on any atom is 0.234 e. The van der Waals surface area contributed by atoms with E-state index in [1.807, 2.05) is 30.3 Å². The second-order valence-corrected chi connectivity index (χ2v) is 7.05. The van der Waals surface area contributed by atoms with Crippen molar-refractivity contribution in [2.75, 3.05) is 37.4 Å². The zero-order valence-corrected chi connectivity index (χ0v) is 15.8. The quantitative estimate of drug-likeness (QED) is 0.633. The van der Waals surface area contributed by atoms with Gasteiger partial charge in [0, 0.05) is 23.8 Å². The van der Waals surface area contributed by atoms with Gasteiger partial charge in [-0.2, -0.15) is 0 Å². The van der Waals surface area contributed by atoms with Gasteiger partial charge in [0.15, 0.2) is 5.17 Å². The smallest absolute Gasteiger partial charge is 0.234 e. The van der Waals surface area contributed by atoms with Gasteiger partial charge in [-0.1, -0.05) is 41.6 Å². The fraction of sp³-hybridized carbons (Fsp3) is 0.263. The molecule has 1 heterocycles. The lowest BCUT2D eigenvalue weighted by molar-refractivity contribution is -0.113. The van der Waals surface area contributed by atoms with E-state index in [0.717, 1.165) is 29.6 Å². The highest BCUT2D eigenvalue weighted by atomic mass is 35.5. The van der Waals surface area contributed by atoms with Crippen molar-refractivity contribution in [2.24, 2.45) is 4.99 Å². The van der Waals surface area contributed by atoms with Crippen LogP contribution < -0.4 is 5.32 Å². The van der Waals surface area contributed by atoms with E-state index in [4.69, 9.17) is 21.3 Å². The van der Waals surface area contributed by atoms with Gasteiger partial charge in [-0.15, -0.1) is 0 Å². The molecular formula is C19H20ClN3O2S. The molecule has 0 unspecified atom stereocenters. The van der Waals surface area contributed by atoms with Gasteiger partial charge in [0.2, 0.25) is 5.91 Å². The number of nitrogens with one attached hydrogen (secondary N) is 1. The maximum atomic E-state index is 12.3. The van der Waals surface area contributed by atoms with Crippen molar-refractivity contribution < 1.29 is 9.53 Å². The first-order chi connectivity index (χ1) is 12.7.